The first kappa shape index (κ1) is 19.5. The van der Waals surface area contributed by atoms with Crippen LogP contribution >= 0.6 is 0 Å². The molecule has 32 heavy (non-hydrogen) atoms. The monoisotopic (exact) mass is 432 g/mol. The van der Waals surface area contributed by atoms with Gasteiger partial charge in [-0.25, -0.2) is 9.69 Å². The molecule has 0 aliphatic carbocycles. The summed E-state index contributed by atoms with van der Waals surface area (Å²) >= 11 is 0. The maximum atomic E-state index is 13.1. The second-order valence-corrected chi connectivity index (χ2v) is 7.22. The molecule has 2 aromatic rings. The molecule has 10 heteroatoms. The van der Waals surface area contributed by atoms with Gasteiger partial charge in [-0.05, 0) is 37.3 Å². The molecule has 5 rings (SSSR count). The number of nitrogens with one attached hydrogen (secondary N) is 1. The topological polar surface area (TPSA) is 118 Å². The van der Waals surface area contributed by atoms with Crippen LogP contribution in [0.25, 0.3) is 0 Å². The Labute approximate surface area is 181 Å². The number of anilines is 2. The predicted octanol–water partition coefficient (Wildman–Crippen LogP) is 1.96. The van der Waals surface area contributed by atoms with Crippen LogP contribution in [-0.4, -0.2) is 36.3 Å². The summed E-state index contributed by atoms with van der Waals surface area (Å²) in [4.78, 5) is 51.8. The number of carbonyl (C=O) groups excluding carboxylic acids is 4. The van der Waals surface area contributed by atoms with Gasteiger partial charge in [0.15, 0.2) is 11.5 Å². The minimum Gasteiger partial charge on any atom is -0.454 e. The lowest BCUT2D eigenvalue weighted by Gasteiger charge is -2.26. The molecule has 0 bridgehead atoms. The minimum atomic E-state index is -0.924. The molecule has 1 N–H and O–H groups in total. The fourth-order valence-electron chi connectivity index (χ4n) is 3.63. The van der Waals surface area contributed by atoms with Gasteiger partial charge < -0.3 is 9.47 Å². The zero-order valence-corrected chi connectivity index (χ0v) is 16.8. The average Bonchev–Trinajstić information content (AvgIpc) is 3.35. The molecule has 0 unspecified atom stereocenters. The number of hydrogen-bond acceptors (Lipinski definition) is 7. The lowest BCUT2D eigenvalue weighted by atomic mass is 9.98. The SMILES string of the molecule is CC1=NN(c2ccccc2)C(=O)[C@H]1/C=C1/C(=O)NC(=O)N(c2ccc3c(c2)OCO3)C1=O. The first-order valence-electron chi connectivity index (χ1n) is 9.69. The molecule has 0 saturated carbocycles. The van der Waals surface area contributed by atoms with E-state index in [1.807, 2.05) is 6.07 Å². The molecule has 3 aliphatic heterocycles. The van der Waals surface area contributed by atoms with E-state index >= 15 is 0 Å². The van der Waals surface area contributed by atoms with Gasteiger partial charge in [-0.2, -0.15) is 10.1 Å². The first-order chi connectivity index (χ1) is 15.4. The summed E-state index contributed by atoms with van der Waals surface area (Å²) in [7, 11) is 0. The minimum absolute atomic E-state index is 0.0306. The maximum Gasteiger partial charge on any atom is 0.335 e. The van der Waals surface area contributed by atoms with Crippen molar-refractivity contribution in [2.45, 2.75) is 6.92 Å². The summed E-state index contributed by atoms with van der Waals surface area (Å²) in [5.41, 5.74) is 0.849. The highest BCUT2D eigenvalue weighted by atomic mass is 16.7. The quantitative estimate of drug-likeness (QED) is 0.585. The average molecular weight is 432 g/mol. The predicted molar refractivity (Wildman–Crippen MR) is 112 cm³/mol. The lowest BCUT2D eigenvalue weighted by molar-refractivity contribution is -0.122. The largest absolute Gasteiger partial charge is 0.454 e. The number of rotatable bonds is 3. The third-order valence-corrected chi connectivity index (χ3v) is 5.23. The number of hydrogen-bond donors (Lipinski definition) is 1. The molecule has 3 aliphatic rings. The van der Waals surface area contributed by atoms with E-state index in [2.05, 4.69) is 10.4 Å². The molecular formula is C22H16N4O6. The summed E-state index contributed by atoms with van der Waals surface area (Å²) in [5.74, 6) is -2.21. The standard InChI is InChI=1S/C22H16N4O6/c1-12-15(21(29)26(24-12)13-5-3-2-4-6-13)10-16-19(27)23-22(30)25(20(16)28)14-7-8-17-18(9-14)32-11-31-17/h2-10,15H,11H2,1H3,(H,23,27,30)/b16-10-/t15-/m0/s1. The highest BCUT2D eigenvalue weighted by Gasteiger charge is 2.40. The van der Waals surface area contributed by atoms with Crippen molar-refractivity contribution in [2.24, 2.45) is 11.0 Å². The van der Waals surface area contributed by atoms with Gasteiger partial charge in [-0.3, -0.25) is 19.7 Å². The Bertz CT molecular complexity index is 1240. The van der Waals surface area contributed by atoms with Crippen LogP contribution in [0.4, 0.5) is 16.2 Å². The van der Waals surface area contributed by atoms with Crippen molar-refractivity contribution in [1.29, 1.82) is 0 Å². The van der Waals surface area contributed by atoms with Crippen molar-refractivity contribution in [3.05, 3.63) is 60.2 Å². The van der Waals surface area contributed by atoms with Crippen molar-refractivity contribution >= 4 is 40.8 Å². The molecule has 160 valence electrons. The number of carbonyl (C=O) groups is 4. The van der Waals surface area contributed by atoms with Gasteiger partial charge in [0, 0.05) is 6.07 Å². The number of urea groups is 1. The summed E-state index contributed by atoms with van der Waals surface area (Å²) in [5, 5.41) is 7.64. The van der Waals surface area contributed by atoms with Gasteiger partial charge in [0.2, 0.25) is 6.79 Å². The van der Waals surface area contributed by atoms with Crippen LogP contribution in [0.2, 0.25) is 0 Å². The first-order valence-corrected chi connectivity index (χ1v) is 9.69. The Balaban J connectivity index is 1.47. The number of hydrazone groups is 1. The zero-order chi connectivity index (χ0) is 22.4. The molecule has 0 aromatic heterocycles. The van der Waals surface area contributed by atoms with Crippen LogP contribution in [0.15, 0.2) is 65.3 Å². The molecule has 1 atom stereocenters. The summed E-state index contributed by atoms with van der Waals surface area (Å²) in [6, 6.07) is 12.4. The van der Waals surface area contributed by atoms with Crippen molar-refractivity contribution in [3.8, 4) is 11.5 Å². The van der Waals surface area contributed by atoms with E-state index in [-0.39, 0.29) is 18.1 Å². The van der Waals surface area contributed by atoms with Crippen molar-refractivity contribution in [2.75, 3.05) is 16.7 Å². The second-order valence-electron chi connectivity index (χ2n) is 7.22. The van der Waals surface area contributed by atoms with Crippen molar-refractivity contribution in [1.82, 2.24) is 5.32 Å². The fraction of sp³-hybridized carbons (Fsp3) is 0.136. The lowest BCUT2D eigenvalue weighted by Crippen LogP contribution is -2.54. The zero-order valence-electron chi connectivity index (χ0n) is 16.8. The van der Waals surface area contributed by atoms with Crippen LogP contribution in [0.1, 0.15) is 6.92 Å². The number of nitrogens with zero attached hydrogens (tertiary/aromatic N) is 3. The van der Waals surface area contributed by atoms with Crippen LogP contribution in [0, 0.1) is 5.92 Å². The molecule has 2 aromatic carbocycles. The highest BCUT2D eigenvalue weighted by Crippen LogP contribution is 2.36. The van der Waals surface area contributed by atoms with E-state index in [1.165, 1.54) is 23.2 Å². The van der Waals surface area contributed by atoms with E-state index in [0.29, 0.717) is 22.9 Å². The van der Waals surface area contributed by atoms with Crippen molar-refractivity contribution < 1.29 is 28.7 Å². The highest BCUT2D eigenvalue weighted by molar-refractivity contribution is 6.38. The number of benzene rings is 2. The number of amides is 5. The maximum absolute atomic E-state index is 13.1. The van der Waals surface area contributed by atoms with Crippen LogP contribution in [0.5, 0.6) is 11.5 Å². The summed E-state index contributed by atoms with van der Waals surface area (Å²) in [6.07, 6.45) is 1.24. The Morgan fingerprint density at radius 1 is 1.00 bits per heavy atom. The van der Waals surface area contributed by atoms with Gasteiger partial charge in [-0.15, -0.1) is 0 Å². The van der Waals surface area contributed by atoms with Gasteiger partial charge in [0.25, 0.3) is 17.7 Å². The molecule has 3 heterocycles. The third kappa shape index (κ3) is 3.09. The Hall–Kier alpha value is -4.47. The van der Waals surface area contributed by atoms with Crippen LogP contribution in [0.3, 0.4) is 0 Å². The molecule has 10 nitrogen and oxygen atoms in total. The van der Waals surface area contributed by atoms with Gasteiger partial charge in [0.1, 0.15) is 5.57 Å². The van der Waals surface area contributed by atoms with Crippen molar-refractivity contribution in [3.63, 3.8) is 0 Å². The van der Waals surface area contributed by atoms with Crippen LogP contribution < -0.4 is 24.7 Å². The van der Waals surface area contributed by atoms with E-state index in [9.17, 15) is 19.2 Å². The summed E-state index contributed by atoms with van der Waals surface area (Å²) < 4.78 is 10.5. The fourth-order valence-corrected chi connectivity index (χ4v) is 3.63. The molecule has 0 spiro atoms. The number of fused-ring (bicyclic) bond motifs is 1. The molecule has 1 fully saturated rings. The van der Waals surface area contributed by atoms with Gasteiger partial charge in [-0.1, -0.05) is 18.2 Å². The number of imide groups is 2. The normalized spacial score (nSPS) is 21.3. The second kappa shape index (κ2) is 7.34. The number of barbiturate groups is 1. The summed E-state index contributed by atoms with van der Waals surface area (Å²) in [6.45, 7) is 1.66. The third-order valence-electron chi connectivity index (χ3n) is 5.23. The Morgan fingerprint density at radius 3 is 2.53 bits per heavy atom. The van der Waals surface area contributed by atoms with E-state index < -0.39 is 29.7 Å². The Kier molecular flexibility index (Phi) is 4.47. The molecule has 1 saturated heterocycles. The number of para-hydroxylation sites is 1. The molecule has 0 radical (unpaired) electrons. The van der Waals surface area contributed by atoms with E-state index in [4.69, 9.17) is 9.47 Å². The number of ether oxygens (including phenoxy) is 2. The molecular weight excluding hydrogens is 416 g/mol. The molecule has 5 amide bonds. The Morgan fingerprint density at radius 2 is 1.75 bits per heavy atom. The van der Waals surface area contributed by atoms with Gasteiger partial charge >= 0.3 is 6.03 Å². The smallest absolute Gasteiger partial charge is 0.335 e. The van der Waals surface area contributed by atoms with E-state index in [1.54, 1.807) is 37.3 Å². The van der Waals surface area contributed by atoms with Crippen LogP contribution in [-0.2, 0) is 14.4 Å². The van der Waals surface area contributed by atoms with Gasteiger partial charge in [0.05, 0.1) is 23.0 Å². The van der Waals surface area contributed by atoms with E-state index in [0.717, 1.165) is 4.90 Å².